The summed E-state index contributed by atoms with van der Waals surface area (Å²) < 4.78 is 22.6. The molecule has 4 nitrogen and oxygen atoms in total. The number of sulfone groups is 1. The van der Waals surface area contributed by atoms with Crippen LogP contribution >= 0.6 is 0 Å². The van der Waals surface area contributed by atoms with E-state index in [2.05, 4.69) is 0 Å². The number of aryl methyl sites for hydroxylation is 1. The first-order chi connectivity index (χ1) is 8.46. The van der Waals surface area contributed by atoms with E-state index in [0.717, 1.165) is 5.56 Å². The topological polar surface area (TPSA) is 54.5 Å². The lowest BCUT2D eigenvalue weighted by Crippen LogP contribution is -2.42. The minimum absolute atomic E-state index is 0.0503. The van der Waals surface area contributed by atoms with Crippen LogP contribution in [0.1, 0.15) is 15.9 Å². The lowest BCUT2D eigenvalue weighted by Gasteiger charge is -2.25. The van der Waals surface area contributed by atoms with E-state index in [4.69, 9.17) is 0 Å². The van der Waals surface area contributed by atoms with Crippen molar-refractivity contribution in [2.75, 3.05) is 31.1 Å². The third-order valence-corrected chi connectivity index (χ3v) is 4.79. The maximum absolute atomic E-state index is 12.0. The maximum Gasteiger partial charge on any atom is 0.176 e. The maximum atomic E-state index is 12.0. The van der Waals surface area contributed by atoms with Gasteiger partial charge in [-0.2, -0.15) is 0 Å². The molecule has 0 N–H and O–H groups in total. The van der Waals surface area contributed by atoms with Gasteiger partial charge in [0, 0.05) is 18.7 Å². The van der Waals surface area contributed by atoms with Crippen LogP contribution in [-0.4, -0.2) is 50.2 Å². The molecule has 1 heterocycles. The minimum atomic E-state index is -2.87. The summed E-state index contributed by atoms with van der Waals surface area (Å²) in [7, 11) is -2.87. The summed E-state index contributed by atoms with van der Waals surface area (Å²) in [5.74, 6) is 0.372. The van der Waals surface area contributed by atoms with Crippen molar-refractivity contribution < 1.29 is 13.2 Å². The molecule has 0 unspecified atom stereocenters. The molecule has 1 aliphatic heterocycles. The number of rotatable bonds is 3. The number of nitrogens with zero attached hydrogens (tertiary/aromatic N) is 1. The molecule has 1 saturated heterocycles. The predicted molar refractivity (Wildman–Crippen MR) is 70.6 cm³/mol. The molecule has 5 heteroatoms. The number of ketones is 1. The van der Waals surface area contributed by atoms with Crippen LogP contribution in [0.4, 0.5) is 0 Å². The number of hydrogen-bond donors (Lipinski definition) is 0. The number of Topliss-reactive ketones (excluding diaryl/α,β-unsaturated/α-hetero) is 1. The Morgan fingerprint density at radius 2 is 1.72 bits per heavy atom. The summed E-state index contributed by atoms with van der Waals surface area (Å²) >= 11 is 0. The van der Waals surface area contributed by atoms with Crippen molar-refractivity contribution in [1.29, 1.82) is 0 Å². The molecule has 0 atom stereocenters. The Morgan fingerprint density at radius 1 is 1.17 bits per heavy atom. The van der Waals surface area contributed by atoms with Crippen LogP contribution in [0, 0.1) is 6.92 Å². The van der Waals surface area contributed by atoms with Crippen molar-refractivity contribution in [3.63, 3.8) is 0 Å². The van der Waals surface area contributed by atoms with E-state index >= 15 is 0 Å². The average Bonchev–Trinajstić information content (AvgIpc) is 2.33. The van der Waals surface area contributed by atoms with Gasteiger partial charge in [-0.25, -0.2) is 8.42 Å². The van der Waals surface area contributed by atoms with E-state index in [1.54, 1.807) is 0 Å². The van der Waals surface area contributed by atoms with Crippen LogP contribution in [-0.2, 0) is 9.84 Å². The van der Waals surface area contributed by atoms with Crippen molar-refractivity contribution in [3.8, 4) is 0 Å². The van der Waals surface area contributed by atoms with E-state index in [1.165, 1.54) is 0 Å². The van der Waals surface area contributed by atoms with Crippen molar-refractivity contribution in [1.82, 2.24) is 4.90 Å². The lowest BCUT2D eigenvalue weighted by molar-refractivity contribution is 0.0936. The van der Waals surface area contributed by atoms with Gasteiger partial charge in [0.2, 0.25) is 0 Å². The van der Waals surface area contributed by atoms with Gasteiger partial charge in [0.05, 0.1) is 18.1 Å². The third kappa shape index (κ3) is 3.40. The summed E-state index contributed by atoms with van der Waals surface area (Å²) in [6, 6.07) is 7.46. The van der Waals surface area contributed by atoms with Crippen LogP contribution in [0.25, 0.3) is 0 Å². The molecule has 0 amide bonds. The highest BCUT2D eigenvalue weighted by Crippen LogP contribution is 2.08. The minimum Gasteiger partial charge on any atom is -0.294 e. The van der Waals surface area contributed by atoms with E-state index in [-0.39, 0.29) is 17.3 Å². The highest BCUT2D eigenvalue weighted by atomic mass is 32.2. The average molecular weight is 267 g/mol. The molecule has 1 aromatic rings. The number of benzene rings is 1. The van der Waals surface area contributed by atoms with E-state index in [1.807, 2.05) is 36.1 Å². The van der Waals surface area contributed by atoms with Gasteiger partial charge in [-0.1, -0.05) is 29.8 Å². The molecule has 2 rings (SSSR count). The number of carbonyl (C=O) groups is 1. The fourth-order valence-corrected chi connectivity index (χ4v) is 3.22. The second-order valence-corrected chi connectivity index (χ2v) is 7.02. The number of hydrogen-bond acceptors (Lipinski definition) is 4. The standard InChI is InChI=1S/C13H17NO3S/c1-11-2-4-12(5-3-11)13(15)10-14-6-8-18(16,17)9-7-14/h2-5H,6-10H2,1H3. The first kappa shape index (κ1) is 13.2. The Balaban J connectivity index is 1.94. The van der Waals surface area contributed by atoms with Crippen LogP contribution in [0.15, 0.2) is 24.3 Å². The van der Waals surface area contributed by atoms with Gasteiger partial charge in [-0.05, 0) is 6.92 Å². The molecule has 1 aliphatic rings. The molecule has 0 radical (unpaired) electrons. The highest BCUT2D eigenvalue weighted by Gasteiger charge is 2.23. The van der Waals surface area contributed by atoms with Gasteiger partial charge >= 0.3 is 0 Å². The summed E-state index contributed by atoms with van der Waals surface area (Å²) in [6.07, 6.45) is 0. The zero-order valence-corrected chi connectivity index (χ0v) is 11.2. The quantitative estimate of drug-likeness (QED) is 0.764. The van der Waals surface area contributed by atoms with Gasteiger partial charge in [-0.15, -0.1) is 0 Å². The SMILES string of the molecule is Cc1ccc(C(=O)CN2CCS(=O)(=O)CC2)cc1. The van der Waals surface area contributed by atoms with Crippen molar-refractivity contribution in [2.45, 2.75) is 6.92 Å². The molecule has 1 fully saturated rings. The smallest absolute Gasteiger partial charge is 0.176 e. The van der Waals surface area contributed by atoms with Crippen molar-refractivity contribution in [3.05, 3.63) is 35.4 Å². The van der Waals surface area contributed by atoms with Gasteiger partial charge in [0.15, 0.2) is 15.6 Å². The molecule has 0 aliphatic carbocycles. The second-order valence-electron chi connectivity index (χ2n) is 4.72. The van der Waals surface area contributed by atoms with Gasteiger partial charge in [0.1, 0.15) is 0 Å². The fraction of sp³-hybridized carbons (Fsp3) is 0.462. The lowest BCUT2D eigenvalue weighted by atomic mass is 10.1. The zero-order chi connectivity index (χ0) is 13.2. The first-order valence-electron chi connectivity index (χ1n) is 5.99. The van der Waals surface area contributed by atoms with Crippen molar-refractivity contribution in [2.24, 2.45) is 0 Å². The van der Waals surface area contributed by atoms with Gasteiger partial charge in [0.25, 0.3) is 0 Å². The summed E-state index contributed by atoms with van der Waals surface area (Å²) in [4.78, 5) is 13.9. The largest absolute Gasteiger partial charge is 0.294 e. The summed E-state index contributed by atoms with van der Waals surface area (Å²) in [6.45, 7) is 3.20. The Morgan fingerprint density at radius 3 is 2.28 bits per heavy atom. The molecule has 98 valence electrons. The Kier molecular flexibility index (Phi) is 3.82. The molecule has 0 spiro atoms. The molecule has 0 bridgehead atoms. The van der Waals surface area contributed by atoms with Crippen molar-refractivity contribution >= 4 is 15.6 Å². The fourth-order valence-electron chi connectivity index (χ4n) is 1.94. The van der Waals surface area contributed by atoms with Crippen LogP contribution in [0.3, 0.4) is 0 Å². The molecule has 1 aromatic carbocycles. The Hall–Kier alpha value is -1.20. The normalized spacial score (nSPS) is 19.6. The predicted octanol–water partition coefficient (Wildman–Crippen LogP) is 0.908. The monoisotopic (exact) mass is 267 g/mol. The van der Waals surface area contributed by atoms with E-state index in [9.17, 15) is 13.2 Å². The zero-order valence-electron chi connectivity index (χ0n) is 10.4. The van der Waals surface area contributed by atoms with Crippen LogP contribution < -0.4 is 0 Å². The Labute approximate surface area is 108 Å². The van der Waals surface area contributed by atoms with Gasteiger partial charge < -0.3 is 0 Å². The Bertz CT molecular complexity index is 520. The summed E-state index contributed by atoms with van der Waals surface area (Å²) in [5.41, 5.74) is 1.81. The molecular weight excluding hydrogens is 250 g/mol. The number of carbonyl (C=O) groups excluding carboxylic acids is 1. The molecule has 18 heavy (non-hydrogen) atoms. The highest BCUT2D eigenvalue weighted by molar-refractivity contribution is 7.91. The van der Waals surface area contributed by atoms with Gasteiger partial charge in [-0.3, -0.25) is 9.69 Å². The molecule has 0 aromatic heterocycles. The van der Waals surface area contributed by atoms with E-state index in [0.29, 0.717) is 25.2 Å². The van der Waals surface area contributed by atoms with Crippen LogP contribution in [0.2, 0.25) is 0 Å². The molecule has 0 saturated carbocycles. The third-order valence-electron chi connectivity index (χ3n) is 3.18. The van der Waals surface area contributed by atoms with Crippen LogP contribution in [0.5, 0.6) is 0 Å². The summed E-state index contributed by atoms with van der Waals surface area (Å²) in [5, 5.41) is 0. The first-order valence-corrected chi connectivity index (χ1v) is 7.81. The molecular formula is C13H17NO3S. The second kappa shape index (κ2) is 5.20. The van der Waals surface area contributed by atoms with E-state index < -0.39 is 9.84 Å².